The van der Waals surface area contributed by atoms with Crippen LogP contribution in [0.2, 0.25) is 0 Å². The molecule has 0 aliphatic rings. The van der Waals surface area contributed by atoms with Crippen LogP contribution in [0.15, 0.2) is 54.7 Å². The molecular formula is C22H25N3O3. The van der Waals surface area contributed by atoms with Crippen LogP contribution in [-0.2, 0) is 22.4 Å². The van der Waals surface area contributed by atoms with Gasteiger partial charge in [0.15, 0.2) is 0 Å². The van der Waals surface area contributed by atoms with Crippen LogP contribution in [0.25, 0.3) is 10.9 Å². The maximum atomic E-state index is 12.7. The van der Waals surface area contributed by atoms with Crippen molar-refractivity contribution in [1.82, 2.24) is 15.6 Å². The summed E-state index contributed by atoms with van der Waals surface area (Å²) < 4.78 is 5.15. The molecule has 1 unspecified atom stereocenters. The van der Waals surface area contributed by atoms with Crippen LogP contribution in [-0.4, -0.2) is 36.5 Å². The van der Waals surface area contributed by atoms with E-state index in [1.165, 1.54) is 6.92 Å². The number of nitrogens with one attached hydrogen (secondary N) is 3. The topological polar surface area (TPSA) is 83.2 Å². The highest BCUT2D eigenvalue weighted by atomic mass is 16.5. The number of H-pyrrole nitrogens is 1. The zero-order valence-corrected chi connectivity index (χ0v) is 16.1. The minimum atomic E-state index is -0.618. The van der Waals surface area contributed by atoms with Gasteiger partial charge in [-0.2, -0.15) is 0 Å². The third kappa shape index (κ3) is 4.91. The number of ether oxygens (including phenoxy) is 1. The van der Waals surface area contributed by atoms with E-state index in [2.05, 4.69) is 15.6 Å². The summed E-state index contributed by atoms with van der Waals surface area (Å²) in [6, 6.07) is 15.0. The normalized spacial score (nSPS) is 11.8. The highest BCUT2D eigenvalue weighted by Crippen LogP contribution is 2.19. The quantitative estimate of drug-likeness (QED) is 0.563. The van der Waals surface area contributed by atoms with Crippen molar-refractivity contribution in [2.24, 2.45) is 0 Å². The molecule has 0 radical (unpaired) electrons. The number of fused-ring (bicyclic) bond motifs is 1. The van der Waals surface area contributed by atoms with E-state index in [1.54, 1.807) is 7.11 Å². The van der Waals surface area contributed by atoms with Crippen molar-refractivity contribution in [2.45, 2.75) is 25.8 Å². The van der Waals surface area contributed by atoms with Crippen LogP contribution < -0.4 is 15.4 Å². The largest absolute Gasteiger partial charge is 0.497 e. The summed E-state index contributed by atoms with van der Waals surface area (Å²) in [7, 11) is 1.63. The Balaban J connectivity index is 1.61. The lowest BCUT2D eigenvalue weighted by Crippen LogP contribution is -2.47. The minimum absolute atomic E-state index is 0.186. The number of carbonyl (C=O) groups excluding carboxylic acids is 2. The monoisotopic (exact) mass is 379 g/mol. The molecule has 0 aliphatic carbocycles. The number of hydrogen-bond acceptors (Lipinski definition) is 3. The fourth-order valence-electron chi connectivity index (χ4n) is 3.22. The van der Waals surface area contributed by atoms with Crippen LogP contribution in [0.3, 0.4) is 0 Å². The van der Waals surface area contributed by atoms with E-state index in [-0.39, 0.29) is 11.8 Å². The van der Waals surface area contributed by atoms with Gasteiger partial charge >= 0.3 is 0 Å². The van der Waals surface area contributed by atoms with E-state index in [4.69, 9.17) is 4.74 Å². The van der Waals surface area contributed by atoms with Crippen LogP contribution in [0.4, 0.5) is 0 Å². The molecule has 3 N–H and O–H groups in total. The van der Waals surface area contributed by atoms with E-state index in [1.807, 2.05) is 54.7 Å². The number of aromatic amines is 1. The molecule has 0 saturated heterocycles. The van der Waals surface area contributed by atoms with Crippen molar-refractivity contribution in [2.75, 3.05) is 13.7 Å². The van der Waals surface area contributed by atoms with Crippen molar-refractivity contribution < 1.29 is 14.3 Å². The second kappa shape index (κ2) is 9.08. The lowest BCUT2D eigenvalue weighted by Gasteiger charge is -2.17. The van der Waals surface area contributed by atoms with Gasteiger partial charge in [0.2, 0.25) is 11.8 Å². The van der Waals surface area contributed by atoms with E-state index < -0.39 is 6.04 Å². The number of hydrogen-bond donors (Lipinski definition) is 3. The summed E-state index contributed by atoms with van der Waals surface area (Å²) in [4.78, 5) is 27.5. The molecule has 0 saturated carbocycles. The van der Waals surface area contributed by atoms with E-state index in [0.29, 0.717) is 19.4 Å². The molecule has 6 heteroatoms. The molecule has 1 heterocycles. The molecule has 146 valence electrons. The molecule has 3 aromatic rings. The van der Waals surface area contributed by atoms with Gasteiger partial charge in [-0.3, -0.25) is 9.59 Å². The van der Waals surface area contributed by atoms with Gasteiger partial charge in [0.1, 0.15) is 11.8 Å². The number of para-hydroxylation sites is 1. The first-order valence-electron chi connectivity index (χ1n) is 9.29. The van der Waals surface area contributed by atoms with Crippen LogP contribution in [0.1, 0.15) is 18.1 Å². The smallest absolute Gasteiger partial charge is 0.242 e. The van der Waals surface area contributed by atoms with Crippen LogP contribution >= 0.6 is 0 Å². The Morgan fingerprint density at radius 2 is 1.86 bits per heavy atom. The molecule has 1 atom stereocenters. The Morgan fingerprint density at radius 3 is 2.57 bits per heavy atom. The average Bonchev–Trinajstić information content (AvgIpc) is 3.10. The lowest BCUT2D eigenvalue weighted by atomic mass is 10.0. The van der Waals surface area contributed by atoms with Crippen molar-refractivity contribution in [3.63, 3.8) is 0 Å². The zero-order valence-electron chi connectivity index (χ0n) is 16.1. The van der Waals surface area contributed by atoms with Gasteiger partial charge in [0.05, 0.1) is 7.11 Å². The molecule has 28 heavy (non-hydrogen) atoms. The number of benzene rings is 2. The average molecular weight is 379 g/mol. The molecule has 0 bridgehead atoms. The Kier molecular flexibility index (Phi) is 6.32. The molecule has 6 nitrogen and oxygen atoms in total. The first-order chi connectivity index (χ1) is 13.6. The molecular weight excluding hydrogens is 354 g/mol. The van der Waals surface area contributed by atoms with Gasteiger partial charge in [0, 0.05) is 37.0 Å². The number of aromatic nitrogens is 1. The highest BCUT2D eigenvalue weighted by Gasteiger charge is 2.21. The Labute approximate surface area is 164 Å². The predicted molar refractivity (Wildman–Crippen MR) is 109 cm³/mol. The summed E-state index contributed by atoms with van der Waals surface area (Å²) in [6.07, 6.45) is 3.03. The molecule has 0 fully saturated rings. The summed E-state index contributed by atoms with van der Waals surface area (Å²) >= 11 is 0. The Hall–Kier alpha value is -3.28. The fourth-order valence-corrected chi connectivity index (χ4v) is 3.22. The van der Waals surface area contributed by atoms with Crippen molar-refractivity contribution in [1.29, 1.82) is 0 Å². The van der Waals surface area contributed by atoms with Gasteiger partial charge in [-0.1, -0.05) is 30.3 Å². The van der Waals surface area contributed by atoms with Gasteiger partial charge in [-0.15, -0.1) is 0 Å². The van der Waals surface area contributed by atoms with Gasteiger partial charge in [-0.25, -0.2) is 0 Å². The summed E-state index contributed by atoms with van der Waals surface area (Å²) in [6.45, 7) is 1.92. The van der Waals surface area contributed by atoms with Crippen molar-refractivity contribution >= 4 is 22.7 Å². The van der Waals surface area contributed by atoms with Crippen molar-refractivity contribution in [3.8, 4) is 5.75 Å². The molecule has 2 aromatic carbocycles. The first-order valence-corrected chi connectivity index (χ1v) is 9.29. The maximum Gasteiger partial charge on any atom is 0.242 e. The van der Waals surface area contributed by atoms with E-state index in [0.717, 1.165) is 27.8 Å². The van der Waals surface area contributed by atoms with Gasteiger partial charge in [0.25, 0.3) is 0 Å². The molecule has 2 amide bonds. The summed E-state index contributed by atoms with van der Waals surface area (Å²) in [5.74, 6) is 0.390. The van der Waals surface area contributed by atoms with Crippen LogP contribution in [0.5, 0.6) is 5.75 Å². The third-order valence-corrected chi connectivity index (χ3v) is 4.66. The standard InChI is InChI=1S/C22H25N3O3/c1-15(26)25-21(13-17-14-24-20-6-4-3-5-19(17)20)22(27)23-12-11-16-7-9-18(28-2)10-8-16/h3-10,14,21,24H,11-13H2,1-2H3,(H,23,27)(H,25,26). The van der Waals surface area contributed by atoms with Gasteiger partial charge in [-0.05, 0) is 35.7 Å². The molecule has 3 rings (SSSR count). The van der Waals surface area contributed by atoms with Crippen LogP contribution in [0, 0.1) is 0 Å². The Morgan fingerprint density at radius 1 is 1.11 bits per heavy atom. The van der Waals surface area contributed by atoms with Crippen molar-refractivity contribution in [3.05, 3.63) is 65.9 Å². The number of amides is 2. The highest BCUT2D eigenvalue weighted by molar-refractivity contribution is 5.89. The van der Waals surface area contributed by atoms with E-state index >= 15 is 0 Å². The number of rotatable bonds is 8. The second-order valence-electron chi connectivity index (χ2n) is 6.71. The predicted octanol–water partition coefficient (Wildman–Crippen LogP) is 2.58. The number of carbonyl (C=O) groups is 2. The maximum absolute atomic E-state index is 12.7. The third-order valence-electron chi connectivity index (χ3n) is 4.66. The lowest BCUT2D eigenvalue weighted by molar-refractivity contribution is -0.128. The first kappa shape index (κ1) is 19.5. The SMILES string of the molecule is COc1ccc(CCNC(=O)C(Cc2c[nH]c3ccccc23)NC(C)=O)cc1. The van der Waals surface area contributed by atoms with E-state index in [9.17, 15) is 9.59 Å². The molecule has 0 aliphatic heterocycles. The molecule has 1 aromatic heterocycles. The zero-order chi connectivity index (χ0) is 19.9. The fraction of sp³-hybridized carbons (Fsp3) is 0.273. The molecule has 0 spiro atoms. The second-order valence-corrected chi connectivity index (χ2v) is 6.71. The minimum Gasteiger partial charge on any atom is -0.497 e. The Bertz CT molecular complexity index is 947. The summed E-state index contributed by atoms with van der Waals surface area (Å²) in [5, 5.41) is 6.75. The summed E-state index contributed by atoms with van der Waals surface area (Å²) in [5.41, 5.74) is 3.12. The van der Waals surface area contributed by atoms with Gasteiger partial charge < -0.3 is 20.4 Å². The number of methoxy groups -OCH3 is 1.